The molecule has 1 unspecified atom stereocenters. The van der Waals surface area contributed by atoms with Gasteiger partial charge in [0.1, 0.15) is 0 Å². The van der Waals surface area contributed by atoms with E-state index in [1.807, 2.05) is 0 Å². The predicted octanol–water partition coefficient (Wildman–Crippen LogP) is 4.12. The van der Waals surface area contributed by atoms with Crippen molar-refractivity contribution in [2.45, 2.75) is 40.2 Å². The van der Waals surface area contributed by atoms with Crippen LogP contribution in [0.25, 0.3) is 0 Å². The zero-order chi connectivity index (χ0) is 12.5. The summed E-state index contributed by atoms with van der Waals surface area (Å²) in [4.78, 5) is 2.64. The maximum atomic E-state index is 2.64. The highest BCUT2D eigenvalue weighted by Crippen LogP contribution is 2.40. The molecule has 1 heteroatoms. The first kappa shape index (κ1) is 12.6. The largest absolute Gasteiger partial charge is 0.296 e. The Morgan fingerprint density at radius 3 is 2.47 bits per heavy atom. The van der Waals surface area contributed by atoms with E-state index >= 15 is 0 Å². The smallest absolute Gasteiger partial charge is 0.0320 e. The Balaban J connectivity index is 2.10. The van der Waals surface area contributed by atoms with Crippen LogP contribution in [0.5, 0.6) is 0 Å². The zero-order valence-electron chi connectivity index (χ0n) is 11.6. The van der Waals surface area contributed by atoms with E-state index in [0.29, 0.717) is 11.5 Å². The molecule has 0 aromatic heterocycles. The first-order chi connectivity index (χ1) is 8.04. The molecule has 1 aromatic rings. The number of rotatable bonds is 3. The van der Waals surface area contributed by atoms with Gasteiger partial charge in [-0.15, -0.1) is 0 Å². The summed E-state index contributed by atoms with van der Waals surface area (Å²) in [6.07, 6.45) is 1.30. The molecule has 0 saturated carbocycles. The van der Waals surface area contributed by atoms with Gasteiger partial charge in [-0.1, -0.05) is 57.5 Å². The fourth-order valence-electron chi connectivity index (χ4n) is 3.17. The minimum atomic E-state index is 0.470. The van der Waals surface area contributed by atoms with Crippen LogP contribution in [0.3, 0.4) is 0 Å². The lowest BCUT2D eigenvalue weighted by molar-refractivity contribution is 0.231. The quantitative estimate of drug-likeness (QED) is 0.756. The van der Waals surface area contributed by atoms with Gasteiger partial charge in [0, 0.05) is 19.1 Å². The third kappa shape index (κ3) is 2.55. The molecule has 94 valence electrons. The number of benzene rings is 1. The van der Waals surface area contributed by atoms with Crippen LogP contribution >= 0.6 is 0 Å². The lowest BCUT2D eigenvalue weighted by atomic mass is 9.81. The van der Waals surface area contributed by atoms with E-state index in [0.717, 1.165) is 5.92 Å². The van der Waals surface area contributed by atoms with Crippen LogP contribution in [-0.4, -0.2) is 18.0 Å². The topological polar surface area (TPSA) is 3.24 Å². The summed E-state index contributed by atoms with van der Waals surface area (Å²) >= 11 is 0. The van der Waals surface area contributed by atoms with E-state index in [-0.39, 0.29) is 0 Å². The maximum Gasteiger partial charge on any atom is 0.0320 e. The highest BCUT2D eigenvalue weighted by Gasteiger charge is 2.39. The molecular formula is C16H25N. The van der Waals surface area contributed by atoms with E-state index in [1.165, 1.54) is 25.1 Å². The SMILES string of the molecule is CCC1CN([C@H](C)c2ccccc2)CC1(C)C. The van der Waals surface area contributed by atoms with Gasteiger partial charge in [-0.05, 0) is 23.8 Å². The fourth-order valence-corrected chi connectivity index (χ4v) is 3.17. The highest BCUT2D eigenvalue weighted by molar-refractivity contribution is 5.19. The Morgan fingerprint density at radius 1 is 1.29 bits per heavy atom. The Bertz CT molecular complexity index is 355. The van der Waals surface area contributed by atoms with Crippen LogP contribution in [0, 0.1) is 11.3 Å². The van der Waals surface area contributed by atoms with Crippen molar-refractivity contribution >= 4 is 0 Å². The first-order valence-corrected chi connectivity index (χ1v) is 6.83. The number of hydrogen-bond donors (Lipinski definition) is 0. The molecule has 0 spiro atoms. The van der Waals surface area contributed by atoms with Gasteiger partial charge in [0.2, 0.25) is 0 Å². The average molecular weight is 231 g/mol. The Hall–Kier alpha value is -0.820. The molecule has 1 aliphatic heterocycles. The molecule has 2 rings (SSSR count). The van der Waals surface area contributed by atoms with Gasteiger partial charge in [0.25, 0.3) is 0 Å². The molecule has 17 heavy (non-hydrogen) atoms. The molecule has 1 fully saturated rings. The third-order valence-corrected chi connectivity index (χ3v) is 4.49. The summed E-state index contributed by atoms with van der Waals surface area (Å²) in [5.74, 6) is 0.841. The van der Waals surface area contributed by atoms with Crippen LogP contribution in [0.4, 0.5) is 0 Å². The monoisotopic (exact) mass is 231 g/mol. The summed E-state index contributed by atoms with van der Waals surface area (Å²) < 4.78 is 0. The van der Waals surface area contributed by atoms with Crippen molar-refractivity contribution in [2.75, 3.05) is 13.1 Å². The molecule has 0 bridgehead atoms. The molecule has 0 amide bonds. The van der Waals surface area contributed by atoms with Gasteiger partial charge < -0.3 is 0 Å². The predicted molar refractivity (Wildman–Crippen MR) is 74.0 cm³/mol. The lowest BCUT2D eigenvalue weighted by Crippen LogP contribution is -2.26. The molecule has 1 heterocycles. The van der Waals surface area contributed by atoms with Crippen molar-refractivity contribution in [1.82, 2.24) is 4.90 Å². The normalized spacial score (nSPS) is 26.0. The molecule has 1 aromatic carbocycles. The van der Waals surface area contributed by atoms with Gasteiger partial charge in [-0.2, -0.15) is 0 Å². The van der Waals surface area contributed by atoms with Gasteiger partial charge >= 0.3 is 0 Å². The van der Waals surface area contributed by atoms with Crippen molar-refractivity contribution in [2.24, 2.45) is 11.3 Å². The Kier molecular flexibility index (Phi) is 3.58. The molecule has 1 saturated heterocycles. The van der Waals surface area contributed by atoms with Gasteiger partial charge in [-0.3, -0.25) is 4.90 Å². The summed E-state index contributed by atoms with van der Waals surface area (Å²) in [6, 6.07) is 11.4. The van der Waals surface area contributed by atoms with Crippen molar-refractivity contribution in [3.05, 3.63) is 35.9 Å². The van der Waals surface area contributed by atoms with Crippen LogP contribution in [0.1, 0.15) is 45.7 Å². The molecular weight excluding hydrogens is 206 g/mol. The average Bonchev–Trinajstić information content (AvgIpc) is 2.64. The van der Waals surface area contributed by atoms with E-state index in [9.17, 15) is 0 Å². The Morgan fingerprint density at radius 2 is 1.94 bits per heavy atom. The van der Waals surface area contributed by atoms with Crippen LogP contribution in [0.2, 0.25) is 0 Å². The van der Waals surface area contributed by atoms with Gasteiger partial charge in [0.15, 0.2) is 0 Å². The van der Waals surface area contributed by atoms with E-state index in [4.69, 9.17) is 0 Å². The zero-order valence-corrected chi connectivity index (χ0v) is 11.6. The van der Waals surface area contributed by atoms with Gasteiger partial charge in [-0.25, -0.2) is 0 Å². The van der Waals surface area contributed by atoms with E-state index in [2.05, 4.69) is 62.9 Å². The number of hydrogen-bond acceptors (Lipinski definition) is 1. The number of likely N-dealkylation sites (tertiary alicyclic amines) is 1. The standard InChI is InChI=1S/C16H25N/c1-5-15-11-17(12-16(15,3)4)13(2)14-9-7-6-8-10-14/h6-10,13,15H,5,11-12H2,1-4H3/t13-,15?/m1/s1. The van der Waals surface area contributed by atoms with Crippen LogP contribution < -0.4 is 0 Å². The summed E-state index contributed by atoms with van der Waals surface area (Å²) in [7, 11) is 0. The summed E-state index contributed by atoms with van der Waals surface area (Å²) in [6.45, 7) is 12.0. The summed E-state index contributed by atoms with van der Waals surface area (Å²) in [5, 5.41) is 0. The minimum absolute atomic E-state index is 0.470. The molecule has 1 nitrogen and oxygen atoms in total. The van der Waals surface area contributed by atoms with Crippen LogP contribution in [-0.2, 0) is 0 Å². The molecule has 0 N–H and O–H groups in total. The first-order valence-electron chi connectivity index (χ1n) is 6.83. The minimum Gasteiger partial charge on any atom is -0.296 e. The second-order valence-electron chi connectivity index (χ2n) is 6.11. The van der Waals surface area contributed by atoms with Crippen LogP contribution in [0.15, 0.2) is 30.3 Å². The second-order valence-corrected chi connectivity index (χ2v) is 6.11. The van der Waals surface area contributed by atoms with E-state index < -0.39 is 0 Å². The molecule has 2 atom stereocenters. The second kappa shape index (κ2) is 4.81. The van der Waals surface area contributed by atoms with Crippen molar-refractivity contribution in [1.29, 1.82) is 0 Å². The maximum absolute atomic E-state index is 2.64. The fraction of sp³-hybridized carbons (Fsp3) is 0.625. The van der Waals surface area contributed by atoms with Gasteiger partial charge in [0.05, 0.1) is 0 Å². The molecule has 0 radical (unpaired) electrons. The van der Waals surface area contributed by atoms with Crippen molar-refractivity contribution < 1.29 is 0 Å². The van der Waals surface area contributed by atoms with Crippen molar-refractivity contribution in [3.63, 3.8) is 0 Å². The lowest BCUT2D eigenvalue weighted by Gasteiger charge is -2.26. The third-order valence-electron chi connectivity index (χ3n) is 4.49. The summed E-state index contributed by atoms with van der Waals surface area (Å²) in [5.41, 5.74) is 1.91. The molecule has 0 aliphatic carbocycles. The molecule has 1 aliphatic rings. The number of nitrogens with zero attached hydrogens (tertiary/aromatic N) is 1. The highest BCUT2D eigenvalue weighted by atomic mass is 15.2. The van der Waals surface area contributed by atoms with E-state index in [1.54, 1.807) is 0 Å². The Labute approximate surface area is 106 Å². The van der Waals surface area contributed by atoms with Crippen molar-refractivity contribution in [3.8, 4) is 0 Å².